The van der Waals surface area contributed by atoms with Gasteiger partial charge in [0.05, 0.1) is 6.10 Å². The van der Waals surface area contributed by atoms with Gasteiger partial charge in [-0.25, -0.2) is 5.09 Å². The first-order valence-corrected chi connectivity index (χ1v) is 8.81. The number of ether oxygens (including phenoxy) is 1. The third kappa shape index (κ3) is 4.93. The highest BCUT2D eigenvalue weighted by Gasteiger charge is 2.30. The first-order valence-electron chi connectivity index (χ1n) is 6.97. The average Bonchev–Trinajstić information content (AvgIpc) is 2.97. The van der Waals surface area contributed by atoms with E-state index in [0.717, 1.165) is 12.8 Å². The Morgan fingerprint density at radius 1 is 1.43 bits per heavy atom. The second-order valence-electron chi connectivity index (χ2n) is 5.16. The van der Waals surface area contributed by atoms with Crippen molar-refractivity contribution in [2.45, 2.75) is 31.4 Å². The number of carboxylic acid groups (broad SMARTS) is 1. The van der Waals surface area contributed by atoms with Gasteiger partial charge in [-0.2, -0.15) is 0 Å². The van der Waals surface area contributed by atoms with Gasteiger partial charge in [-0.1, -0.05) is 30.3 Å². The highest BCUT2D eigenvalue weighted by molar-refractivity contribution is 7.55. The highest BCUT2D eigenvalue weighted by atomic mass is 31.2. The number of hydrogen-bond donors (Lipinski definition) is 3. The number of benzene rings is 1. The van der Waals surface area contributed by atoms with Crippen LogP contribution in [0.1, 0.15) is 30.9 Å². The van der Waals surface area contributed by atoms with E-state index in [-0.39, 0.29) is 12.3 Å². The van der Waals surface area contributed by atoms with Crippen LogP contribution < -0.4 is 5.09 Å². The van der Waals surface area contributed by atoms with Gasteiger partial charge in [0.2, 0.25) is 0 Å². The van der Waals surface area contributed by atoms with Gasteiger partial charge in [0.15, 0.2) is 0 Å². The normalized spacial score (nSPS) is 22.6. The lowest BCUT2D eigenvalue weighted by Crippen LogP contribution is -2.27. The molecule has 1 aromatic carbocycles. The molecule has 0 saturated carbocycles. The third-order valence-corrected chi connectivity index (χ3v) is 5.01. The van der Waals surface area contributed by atoms with Crippen molar-refractivity contribution < 1.29 is 24.1 Å². The predicted molar refractivity (Wildman–Crippen MR) is 78.2 cm³/mol. The molecule has 0 spiro atoms. The first-order chi connectivity index (χ1) is 9.98. The van der Waals surface area contributed by atoms with E-state index in [1.54, 1.807) is 30.3 Å². The van der Waals surface area contributed by atoms with Gasteiger partial charge < -0.3 is 14.7 Å². The van der Waals surface area contributed by atoms with Gasteiger partial charge >= 0.3 is 5.97 Å². The Balaban J connectivity index is 1.98. The van der Waals surface area contributed by atoms with Crippen molar-refractivity contribution in [1.29, 1.82) is 0 Å². The fourth-order valence-corrected chi connectivity index (χ4v) is 3.81. The second kappa shape index (κ2) is 7.18. The molecule has 6 nitrogen and oxygen atoms in total. The van der Waals surface area contributed by atoms with E-state index in [1.807, 2.05) is 0 Å². The maximum absolute atomic E-state index is 12.2. The monoisotopic (exact) mass is 313 g/mol. The molecule has 1 aliphatic rings. The van der Waals surface area contributed by atoms with Crippen LogP contribution in [0.4, 0.5) is 0 Å². The van der Waals surface area contributed by atoms with Crippen LogP contribution in [0.3, 0.4) is 0 Å². The summed E-state index contributed by atoms with van der Waals surface area (Å²) in [5, 5.41) is 11.6. The lowest BCUT2D eigenvalue weighted by molar-refractivity contribution is -0.139. The minimum absolute atomic E-state index is 0.00674. The quantitative estimate of drug-likeness (QED) is 0.668. The van der Waals surface area contributed by atoms with Gasteiger partial charge in [-0.15, -0.1) is 0 Å². The molecular weight excluding hydrogens is 293 g/mol. The van der Waals surface area contributed by atoms with Crippen LogP contribution in [-0.2, 0) is 14.1 Å². The largest absolute Gasteiger partial charge is 0.480 e. The topological polar surface area (TPSA) is 95.9 Å². The fourth-order valence-electron chi connectivity index (χ4n) is 2.38. The zero-order chi connectivity index (χ0) is 15.3. The van der Waals surface area contributed by atoms with E-state index < -0.39 is 19.5 Å². The van der Waals surface area contributed by atoms with Crippen molar-refractivity contribution in [2.24, 2.45) is 0 Å². The number of aliphatic carboxylic acids is 1. The minimum Gasteiger partial charge on any atom is -0.480 e. The maximum Gasteiger partial charge on any atom is 0.325 e. The predicted octanol–water partition coefficient (Wildman–Crippen LogP) is 2.16. The van der Waals surface area contributed by atoms with Crippen molar-refractivity contribution in [2.75, 3.05) is 12.8 Å². The van der Waals surface area contributed by atoms with E-state index in [4.69, 9.17) is 4.74 Å². The van der Waals surface area contributed by atoms with Crippen LogP contribution in [0, 0.1) is 0 Å². The fraction of sp³-hybridized carbons (Fsp3) is 0.500. The summed E-state index contributed by atoms with van der Waals surface area (Å²) in [4.78, 5) is 21.3. The first kappa shape index (κ1) is 16.2. The lowest BCUT2D eigenvalue weighted by Gasteiger charge is -2.20. The maximum atomic E-state index is 12.2. The summed E-state index contributed by atoms with van der Waals surface area (Å²) in [7, 11) is -3.73. The summed E-state index contributed by atoms with van der Waals surface area (Å²) in [5.74, 6) is -1.17. The molecule has 1 fully saturated rings. The lowest BCUT2D eigenvalue weighted by atomic mass is 10.1. The molecule has 1 aromatic rings. The summed E-state index contributed by atoms with van der Waals surface area (Å²) in [5.41, 5.74) is 0.455. The van der Waals surface area contributed by atoms with Crippen molar-refractivity contribution in [3.8, 4) is 0 Å². The van der Waals surface area contributed by atoms with Crippen molar-refractivity contribution in [1.82, 2.24) is 5.09 Å². The summed E-state index contributed by atoms with van der Waals surface area (Å²) in [6.07, 6.45) is 2.33. The van der Waals surface area contributed by atoms with E-state index in [0.29, 0.717) is 18.6 Å². The Labute approximate surface area is 123 Å². The molecule has 0 aromatic heterocycles. The van der Waals surface area contributed by atoms with Crippen LogP contribution >= 0.6 is 7.52 Å². The molecule has 3 atom stereocenters. The van der Waals surface area contributed by atoms with Gasteiger partial charge in [0, 0.05) is 12.8 Å². The number of hydrogen-bond acceptors (Lipinski definition) is 3. The van der Waals surface area contributed by atoms with E-state index in [1.165, 1.54) is 0 Å². The summed E-state index contributed by atoms with van der Waals surface area (Å²) in [6.45, 7) is 0.690. The van der Waals surface area contributed by atoms with Crippen LogP contribution in [0.15, 0.2) is 30.3 Å². The van der Waals surface area contributed by atoms with Crippen molar-refractivity contribution in [3.63, 3.8) is 0 Å². The standard InChI is InChI=1S/C14H20NO5P/c16-14(17)13(11-5-2-1-3-6-11)15-21(18,19)10-8-12-7-4-9-20-12/h1-3,5-6,12-13H,4,7-10H2,(H,16,17)(H2,15,18,19). The number of rotatable bonds is 7. The molecule has 7 heteroatoms. The zero-order valence-corrected chi connectivity index (χ0v) is 12.5. The van der Waals surface area contributed by atoms with Gasteiger partial charge in [-0.3, -0.25) is 9.36 Å². The Bertz CT molecular complexity index is 515. The Morgan fingerprint density at radius 3 is 2.71 bits per heavy atom. The summed E-state index contributed by atoms with van der Waals surface area (Å²) in [6, 6.07) is 7.20. The van der Waals surface area contributed by atoms with Gasteiger partial charge in [0.25, 0.3) is 7.52 Å². The molecule has 1 aliphatic heterocycles. The van der Waals surface area contributed by atoms with Gasteiger partial charge in [-0.05, 0) is 24.8 Å². The summed E-state index contributed by atoms with van der Waals surface area (Å²) < 4.78 is 17.6. The molecular formula is C14H20NO5P. The van der Waals surface area contributed by atoms with Crippen LogP contribution in [0.5, 0.6) is 0 Å². The molecule has 116 valence electrons. The zero-order valence-electron chi connectivity index (χ0n) is 11.6. The van der Waals surface area contributed by atoms with E-state index in [9.17, 15) is 19.4 Å². The molecule has 0 amide bonds. The molecule has 0 bridgehead atoms. The molecule has 2 rings (SSSR count). The molecule has 0 radical (unpaired) electrons. The van der Waals surface area contributed by atoms with Crippen LogP contribution in [0.25, 0.3) is 0 Å². The Kier molecular flexibility index (Phi) is 5.53. The van der Waals surface area contributed by atoms with E-state index >= 15 is 0 Å². The minimum atomic E-state index is -3.73. The molecule has 21 heavy (non-hydrogen) atoms. The second-order valence-corrected chi connectivity index (χ2v) is 7.27. The smallest absolute Gasteiger partial charge is 0.325 e. The average molecular weight is 313 g/mol. The number of carbonyl (C=O) groups is 1. The molecule has 3 N–H and O–H groups in total. The molecule has 1 saturated heterocycles. The van der Waals surface area contributed by atoms with Crippen LogP contribution in [0.2, 0.25) is 0 Å². The SMILES string of the molecule is O=C(O)C(NP(=O)(O)CCC1CCCO1)c1ccccc1. The van der Waals surface area contributed by atoms with Gasteiger partial charge in [0.1, 0.15) is 6.04 Å². The van der Waals surface area contributed by atoms with Crippen LogP contribution in [-0.4, -0.2) is 34.8 Å². The van der Waals surface area contributed by atoms with Crippen molar-refractivity contribution in [3.05, 3.63) is 35.9 Å². The molecule has 3 unspecified atom stereocenters. The highest BCUT2D eigenvalue weighted by Crippen LogP contribution is 2.40. The summed E-state index contributed by atoms with van der Waals surface area (Å²) >= 11 is 0. The number of nitrogens with one attached hydrogen (secondary N) is 1. The number of carboxylic acids is 1. The Morgan fingerprint density at radius 2 is 2.14 bits per heavy atom. The van der Waals surface area contributed by atoms with E-state index in [2.05, 4.69) is 5.09 Å². The third-order valence-electron chi connectivity index (χ3n) is 3.49. The molecule has 0 aliphatic carbocycles. The Hall–Kier alpha value is -1.20. The van der Waals surface area contributed by atoms with Crippen molar-refractivity contribution >= 4 is 13.5 Å². The molecule has 1 heterocycles.